The van der Waals surface area contributed by atoms with Gasteiger partial charge in [-0.1, -0.05) is 36.4 Å². The van der Waals surface area contributed by atoms with Crippen LogP contribution in [0.15, 0.2) is 42.5 Å². The van der Waals surface area contributed by atoms with Crippen LogP contribution in [0.25, 0.3) is 0 Å². The molecule has 4 rings (SSSR count). The molecule has 0 aromatic heterocycles. The Morgan fingerprint density at radius 1 is 1.03 bits per heavy atom. The van der Waals surface area contributed by atoms with Gasteiger partial charge in [-0.3, -0.25) is 9.69 Å². The minimum Gasteiger partial charge on any atom is -0.337 e. The Balaban J connectivity index is 1.44. The molecule has 4 nitrogen and oxygen atoms in total. The van der Waals surface area contributed by atoms with Crippen molar-refractivity contribution in [2.45, 2.75) is 51.4 Å². The number of alkyl halides is 3. The first-order valence-electron chi connectivity index (χ1n) is 12.6. The van der Waals surface area contributed by atoms with Crippen molar-refractivity contribution >= 4 is 5.91 Å². The minimum atomic E-state index is -4.44. The van der Waals surface area contributed by atoms with Crippen molar-refractivity contribution in [1.29, 1.82) is 0 Å². The summed E-state index contributed by atoms with van der Waals surface area (Å²) in [6.45, 7) is 4.15. The number of amides is 1. The highest BCUT2D eigenvalue weighted by molar-refractivity contribution is 5.76. The molecule has 2 aliphatic rings. The summed E-state index contributed by atoms with van der Waals surface area (Å²) < 4.78 is 40.6. The summed E-state index contributed by atoms with van der Waals surface area (Å²) in [6, 6.07) is 11.9. The van der Waals surface area contributed by atoms with Gasteiger partial charge in [-0.2, -0.15) is 13.2 Å². The molecule has 2 aromatic carbocycles. The molecule has 0 spiro atoms. The molecule has 1 amide bonds. The number of fused-ring (bicyclic) bond motifs is 1. The van der Waals surface area contributed by atoms with Crippen LogP contribution >= 0.6 is 0 Å². The summed E-state index contributed by atoms with van der Waals surface area (Å²) in [5.41, 5.74) is 3.38. The van der Waals surface area contributed by atoms with E-state index in [0.29, 0.717) is 25.9 Å². The summed E-state index contributed by atoms with van der Waals surface area (Å²) >= 11 is 0. The number of nitrogens with zero attached hydrogens (tertiary/aromatic N) is 3. The fraction of sp³-hybridized carbons (Fsp3) is 0.536. The molecule has 7 heteroatoms. The van der Waals surface area contributed by atoms with Gasteiger partial charge in [-0.05, 0) is 74.0 Å². The summed E-state index contributed by atoms with van der Waals surface area (Å²) in [6.07, 6.45) is 0.166. The van der Waals surface area contributed by atoms with Gasteiger partial charge in [0.15, 0.2) is 0 Å². The Bertz CT molecular complexity index is 1020. The molecule has 1 aliphatic heterocycles. The summed E-state index contributed by atoms with van der Waals surface area (Å²) in [4.78, 5) is 19.3. The minimum absolute atomic E-state index is 0.0363. The van der Waals surface area contributed by atoms with Crippen LogP contribution in [0, 0.1) is 5.92 Å². The number of hydrogen-bond donors (Lipinski definition) is 0. The van der Waals surface area contributed by atoms with E-state index in [2.05, 4.69) is 23.1 Å². The van der Waals surface area contributed by atoms with Crippen molar-refractivity contribution in [3.05, 3.63) is 70.3 Å². The maximum atomic E-state index is 13.5. The van der Waals surface area contributed by atoms with E-state index in [1.54, 1.807) is 11.0 Å². The maximum Gasteiger partial charge on any atom is 0.416 e. The highest BCUT2D eigenvalue weighted by atomic mass is 19.4. The van der Waals surface area contributed by atoms with Gasteiger partial charge in [0.25, 0.3) is 0 Å². The van der Waals surface area contributed by atoms with Gasteiger partial charge in [0, 0.05) is 45.7 Å². The second-order valence-corrected chi connectivity index (χ2v) is 10.3. The van der Waals surface area contributed by atoms with Crippen molar-refractivity contribution in [1.82, 2.24) is 14.7 Å². The lowest BCUT2D eigenvalue weighted by atomic mass is 9.92. The number of aryl methyl sites for hydroxylation is 1. The normalized spacial score (nSPS) is 16.4. The van der Waals surface area contributed by atoms with Crippen LogP contribution < -0.4 is 0 Å². The predicted molar refractivity (Wildman–Crippen MR) is 132 cm³/mol. The van der Waals surface area contributed by atoms with Crippen LogP contribution in [0.3, 0.4) is 0 Å². The van der Waals surface area contributed by atoms with Crippen molar-refractivity contribution < 1.29 is 18.0 Å². The fourth-order valence-electron chi connectivity index (χ4n) is 4.96. The largest absolute Gasteiger partial charge is 0.416 e. The molecule has 1 fully saturated rings. The van der Waals surface area contributed by atoms with Crippen molar-refractivity contribution in [3.63, 3.8) is 0 Å². The number of benzene rings is 2. The van der Waals surface area contributed by atoms with Crippen LogP contribution in [0.5, 0.6) is 0 Å². The molecule has 0 saturated heterocycles. The van der Waals surface area contributed by atoms with E-state index in [-0.39, 0.29) is 18.0 Å². The summed E-state index contributed by atoms with van der Waals surface area (Å²) in [5.74, 6) is 0.764. The zero-order valence-electron chi connectivity index (χ0n) is 20.8. The molecule has 2 aromatic rings. The van der Waals surface area contributed by atoms with Gasteiger partial charge in [-0.25, -0.2) is 0 Å². The first kappa shape index (κ1) is 25.7. The Morgan fingerprint density at radius 2 is 1.77 bits per heavy atom. The van der Waals surface area contributed by atoms with E-state index in [0.717, 1.165) is 31.5 Å². The summed E-state index contributed by atoms with van der Waals surface area (Å²) in [7, 11) is 3.80. The lowest BCUT2D eigenvalue weighted by molar-refractivity contribution is -0.140. The second-order valence-electron chi connectivity index (χ2n) is 10.3. The molecule has 1 heterocycles. The molecule has 1 saturated carbocycles. The molecule has 0 bridgehead atoms. The number of halogens is 3. The monoisotopic (exact) mass is 487 g/mol. The maximum absolute atomic E-state index is 13.5. The third kappa shape index (κ3) is 7.07. The Morgan fingerprint density at radius 3 is 2.49 bits per heavy atom. The third-order valence-corrected chi connectivity index (χ3v) is 7.12. The van der Waals surface area contributed by atoms with Gasteiger partial charge in [0.2, 0.25) is 5.91 Å². The van der Waals surface area contributed by atoms with Gasteiger partial charge in [0.1, 0.15) is 0 Å². The van der Waals surface area contributed by atoms with Gasteiger partial charge < -0.3 is 9.80 Å². The van der Waals surface area contributed by atoms with E-state index >= 15 is 0 Å². The standard InChI is InChI=1S/C28H36F3N3O/c1-32(2)16-17-34(20-24-6-3-4-9-26(24)28(29,30)31)27(35)13-12-22-7-5-8-23-19-33(15-14-25(22)23)18-21-10-11-21/h3-9,21H,10-20H2,1-2H3. The van der Waals surface area contributed by atoms with E-state index in [1.807, 2.05) is 19.0 Å². The average Bonchev–Trinajstić information content (AvgIpc) is 3.63. The Kier molecular flexibility index (Phi) is 8.17. The SMILES string of the molecule is CN(C)CCN(Cc1ccccc1C(F)(F)F)C(=O)CCc1cccc2c1CCN(CC1CC1)C2. The molecule has 1 aliphatic carbocycles. The van der Waals surface area contributed by atoms with Gasteiger partial charge >= 0.3 is 6.18 Å². The van der Waals surface area contributed by atoms with Crippen LogP contribution in [-0.2, 0) is 36.9 Å². The number of carbonyl (C=O) groups is 1. The van der Waals surface area contributed by atoms with E-state index < -0.39 is 11.7 Å². The average molecular weight is 488 g/mol. The Hall–Kier alpha value is -2.38. The zero-order chi connectivity index (χ0) is 25.0. The van der Waals surface area contributed by atoms with E-state index in [4.69, 9.17) is 0 Å². The van der Waals surface area contributed by atoms with Crippen molar-refractivity contribution in [2.75, 3.05) is 40.3 Å². The number of likely N-dealkylation sites (N-methyl/N-ethyl adjacent to an activating group) is 1. The molecule has 0 atom stereocenters. The molecule has 0 radical (unpaired) electrons. The van der Waals surface area contributed by atoms with E-state index in [9.17, 15) is 18.0 Å². The second kappa shape index (κ2) is 11.1. The molecule has 0 N–H and O–H groups in total. The van der Waals surface area contributed by atoms with Crippen molar-refractivity contribution in [2.24, 2.45) is 5.92 Å². The molecular weight excluding hydrogens is 451 g/mol. The molecule has 190 valence electrons. The predicted octanol–water partition coefficient (Wildman–Crippen LogP) is 5.00. The summed E-state index contributed by atoms with van der Waals surface area (Å²) in [5, 5.41) is 0. The highest BCUT2D eigenvalue weighted by Crippen LogP contribution is 2.33. The zero-order valence-corrected chi connectivity index (χ0v) is 20.8. The van der Waals surface area contributed by atoms with Crippen LogP contribution in [0.2, 0.25) is 0 Å². The van der Waals surface area contributed by atoms with Crippen LogP contribution in [-0.4, -0.2) is 60.9 Å². The van der Waals surface area contributed by atoms with Crippen LogP contribution in [0.1, 0.15) is 47.1 Å². The van der Waals surface area contributed by atoms with Gasteiger partial charge in [0.05, 0.1) is 5.56 Å². The molecular formula is C28H36F3N3O. The topological polar surface area (TPSA) is 26.8 Å². The first-order valence-corrected chi connectivity index (χ1v) is 12.6. The van der Waals surface area contributed by atoms with E-state index in [1.165, 1.54) is 48.2 Å². The third-order valence-electron chi connectivity index (χ3n) is 7.12. The highest BCUT2D eigenvalue weighted by Gasteiger charge is 2.33. The number of carbonyl (C=O) groups excluding carboxylic acids is 1. The quantitative estimate of drug-likeness (QED) is 0.472. The van der Waals surface area contributed by atoms with Gasteiger partial charge in [-0.15, -0.1) is 0 Å². The number of rotatable bonds is 10. The number of hydrogen-bond acceptors (Lipinski definition) is 3. The smallest absolute Gasteiger partial charge is 0.337 e. The fourth-order valence-corrected chi connectivity index (χ4v) is 4.96. The van der Waals surface area contributed by atoms with Crippen molar-refractivity contribution in [3.8, 4) is 0 Å². The lowest BCUT2D eigenvalue weighted by Crippen LogP contribution is -2.37. The molecule has 35 heavy (non-hydrogen) atoms. The van der Waals surface area contributed by atoms with Crippen LogP contribution in [0.4, 0.5) is 13.2 Å². The molecule has 0 unspecified atom stereocenters. The Labute approximate surface area is 206 Å². The lowest BCUT2D eigenvalue weighted by Gasteiger charge is -2.30. The first-order chi connectivity index (χ1) is 16.7.